The van der Waals surface area contributed by atoms with Gasteiger partial charge in [0, 0.05) is 19.2 Å². The van der Waals surface area contributed by atoms with E-state index in [-0.39, 0.29) is 6.61 Å². The fourth-order valence-corrected chi connectivity index (χ4v) is 1.94. The van der Waals surface area contributed by atoms with E-state index in [4.69, 9.17) is 5.11 Å². The molecule has 3 heteroatoms. The average Bonchev–Trinajstić information content (AvgIpc) is 2.19. The zero-order valence-electron chi connectivity index (χ0n) is 10.6. The Bertz CT molecular complexity index is 105. The van der Waals surface area contributed by atoms with Crippen LogP contribution in [0.4, 0.5) is 0 Å². The van der Waals surface area contributed by atoms with Gasteiger partial charge in [0.15, 0.2) is 0 Å². The van der Waals surface area contributed by atoms with Crippen LogP contribution in [0, 0.1) is 0 Å². The maximum Gasteiger partial charge on any atom is 0.0446 e. The highest BCUT2D eigenvalue weighted by Crippen LogP contribution is 2.00. The summed E-state index contributed by atoms with van der Waals surface area (Å²) in [5.74, 6) is 0. The fourth-order valence-electron chi connectivity index (χ4n) is 1.94. The van der Waals surface area contributed by atoms with Crippen LogP contribution in [0.15, 0.2) is 0 Å². The van der Waals surface area contributed by atoms with Gasteiger partial charge in [0.2, 0.25) is 0 Å². The maximum absolute atomic E-state index is 8.98. The highest BCUT2D eigenvalue weighted by atomic mass is 16.3. The normalized spacial score (nSPS) is 13.4. The van der Waals surface area contributed by atoms with Gasteiger partial charge < -0.3 is 15.3 Å². The van der Waals surface area contributed by atoms with Crippen molar-refractivity contribution in [3.8, 4) is 0 Å². The van der Waals surface area contributed by atoms with Crippen molar-refractivity contribution in [1.82, 2.24) is 10.2 Å². The molecule has 0 saturated carbocycles. The minimum atomic E-state index is 0.282. The summed E-state index contributed by atoms with van der Waals surface area (Å²) in [5.41, 5.74) is 0. The minimum absolute atomic E-state index is 0.282. The molecule has 15 heavy (non-hydrogen) atoms. The molecule has 1 unspecified atom stereocenters. The summed E-state index contributed by atoms with van der Waals surface area (Å²) in [4.78, 5) is 2.49. The van der Waals surface area contributed by atoms with E-state index in [1.807, 2.05) is 0 Å². The van der Waals surface area contributed by atoms with E-state index in [9.17, 15) is 0 Å². The monoisotopic (exact) mass is 216 g/mol. The Morgan fingerprint density at radius 1 is 1.13 bits per heavy atom. The second kappa shape index (κ2) is 10.4. The van der Waals surface area contributed by atoms with E-state index in [0.717, 1.165) is 19.5 Å². The third-order valence-electron chi connectivity index (χ3n) is 2.53. The Kier molecular flexibility index (Phi) is 10.3. The summed E-state index contributed by atoms with van der Waals surface area (Å²) < 4.78 is 0. The summed E-state index contributed by atoms with van der Waals surface area (Å²) in [7, 11) is 0. The highest BCUT2D eigenvalue weighted by molar-refractivity contribution is 4.71. The Morgan fingerprint density at radius 2 is 1.73 bits per heavy atom. The van der Waals surface area contributed by atoms with Gasteiger partial charge in [-0.2, -0.15) is 0 Å². The number of likely N-dealkylation sites (N-methyl/N-ethyl adjacent to an activating group) is 1. The fraction of sp³-hybridized carbons (Fsp3) is 1.00. The molecule has 0 radical (unpaired) electrons. The standard InChI is InChI=1S/C12H28N2O/c1-4-8-14(9-5-2)11-12(7-10-15)13-6-3/h12-13,15H,4-11H2,1-3H3. The summed E-state index contributed by atoms with van der Waals surface area (Å²) >= 11 is 0. The van der Waals surface area contributed by atoms with Gasteiger partial charge in [0.1, 0.15) is 0 Å². The zero-order chi connectivity index (χ0) is 11.5. The molecule has 92 valence electrons. The van der Waals surface area contributed by atoms with Gasteiger partial charge in [-0.25, -0.2) is 0 Å². The quantitative estimate of drug-likeness (QED) is 0.580. The number of hydrogen-bond donors (Lipinski definition) is 2. The lowest BCUT2D eigenvalue weighted by Crippen LogP contribution is -2.42. The molecule has 0 aliphatic heterocycles. The molecule has 0 aliphatic carbocycles. The van der Waals surface area contributed by atoms with Crippen molar-refractivity contribution < 1.29 is 5.11 Å². The Labute approximate surface area is 94.9 Å². The largest absolute Gasteiger partial charge is 0.396 e. The molecule has 1 atom stereocenters. The van der Waals surface area contributed by atoms with Crippen LogP contribution in [-0.2, 0) is 0 Å². The summed E-state index contributed by atoms with van der Waals surface area (Å²) in [6, 6.07) is 0.443. The van der Waals surface area contributed by atoms with Gasteiger partial charge in [-0.15, -0.1) is 0 Å². The van der Waals surface area contributed by atoms with Crippen molar-refractivity contribution in [1.29, 1.82) is 0 Å². The van der Waals surface area contributed by atoms with Gasteiger partial charge in [-0.05, 0) is 38.9 Å². The third-order valence-corrected chi connectivity index (χ3v) is 2.53. The van der Waals surface area contributed by atoms with Crippen LogP contribution in [0.5, 0.6) is 0 Å². The van der Waals surface area contributed by atoms with E-state index in [2.05, 4.69) is 31.0 Å². The molecule has 2 N–H and O–H groups in total. The van der Waals surface area contributed by atoms with Crippen LogP contribution in [0.2, 0.25) is 0 Å². The van der Waals surface area contributed by atoms with E-state index >= 15 is 0 Å². The first-order valence-corrected chi connectivity index (χ1v) is 6.34. The van der Waals surface area contributed by atoms with Crippen LogP contribution in [0.25, 0.3) is 0 Å². The first-order chi connectivity index (χ1) is 7.28. The molecule has 0 bridgehead atoms. The third kappa shape index (κ3) is 7.77. The molecule has 0 rings (SSSR count). The molecule has 0 fully saturated rings. The number of nitrogens with one attached hydrogen (secondary N) is 1. The SMILES string of the molecule is CCCN(CCC)CC(CCO)NCC. The van der Waals surface area contributed by atoms with E-state index < -0.39 is 0 Å². The molecule has 0 aromatic rings. The molecular weight excluding hydrogens is 188 g/mol. The summed E-state index contributed by atoms with van der Waals surface area (Å²) in [5, 5.41) is 12.4. The van der Waals surface area contributed by atoms with Crippen molar-refractivity contribution in [2.45, 2.75) is 46.1 Å². The molecule has 0 aliphatic rings. The summed E-state index contributed by atoms with van der Waals surface area (Å²) in [6.07, 6.45) is 3.27. The van der Waals surface area contributed by atoms with Gasteiger partial charge in [-0.1, -0.05) is 20.8 Å². The number of rotatable bonds is 10. The van der Waals surface area contributed by atoms with Crippen LogP contribution >= 0.6 is 0 Å². The predicted octanol–water partition coefficient (Wildman–Crippen LogP) is 1.47. The Morgan fingerprint density at radius 3 is 2.13 bits per heavy atom. The molecule has 0 amide bonds. The van der Waals surface area contributed by atoms with Crippen LogP contribution in [-0.4, -0.2) is 48.8 Å². The van der Waals surface area contributed by atoms with Gasteiger partial charge in [0.25, 0.3) is 0 Å². The number of aliphatic hydroxyl groups is 1. The second-order valence-corrected chi connectivity index (χ2v) is 4.07. The molecule has 0 aromatic carbocycles. The highest BCUT2D eigenvalue weighted by Gasteiger charge is 2.11. The lowest BCUT2D eigenvalue weighted by Gasteiger charge is -2.27. The van der Waals surface area contributed by atoms with Crippen molar-refractivity contribution in [3.05, 3.63) is 0 Å². The molecule has 0 aromatic heterocycles. The lowest BCUT2D eigenvalue weighted by atomic mass is 10.2. The Balaban J connectivity index is 3.93. The number of nitrogens with zero attached hydrogens (tertiary/aromatic N) is 1. The first kappa shape index (κ1) is 14.9. The van der Waals surface area contributed by atoms with E-state index in [0.29, 0.717) is 6.04 Å². The average molecular weight is 216 g/mol. The predicted molar refractivity (Wildman–Crippen MR) is 66.2 cm³/mol. The van der Waals surface area contributed by atoms with Crippen molar-refractivity contribution in [2.24, 2.45) is 0 Å². The molecule has 0 spiro atoms. The lowest BCUT2D eigenvalue weighted by molar-refractivity contribution is 0.208. The minimum Gasteiger partial charge on any atom is -0.396 e. The van der Waals surface area contributed by atoms with Gasteiger partial charge in [0.05, 0.1) is 0 Å². The molecule has 3 nitrogen and oxygen atoms in total. The van der Waals surface area contributed by atoms with Crippen LogP contribution < -0.4 is 5.32 Å². The topological polar surface area (TPSA) is 35.5 Å². The molecule has 0 heterocycles. The van der Waals surface area contributed by atoms with Crippen molar-refractivity contribution in [2.75, 3.05) is 32.8 Å². The van der Waals surface area contributed by atoms with Crippen LogP contribution in [0.1, 0.15) is 40.0 Å². The molecular formula is C12H28N2O. The smallest absolute Gasteiger partial charge is 0.0446 e. The van der Waals surface area contributed by atoms with Crippen molar-refractivity contribution in [3.63, 3.8) is 0 Å². The maximum atomic E-state index is 8.98. The molecule has 0 saturated heterocycles. The zero-order valence-corrected chi connectivity index (χ0v) is 10.6. The van der Waals surface area contributed by atoms with Crippen molar-refractivity contribution >= 4 is 0 Å². The van der Waals surface area contributed by atoms with Gasteiger partial charge >= 0.3 is 0 Å². The number of hydrogen-bond acceptors (Lipinski definition) is 3. The first-order valence-electron chi connectivity index (χ1n) is 6.34. The van der Waals surface area contributed by atoms with Crippen LogP contribution in [0.3, 0.4) is 0 Å². The van der Waals surface area contributed by atoms with E-state index in [1.54, 1.807) is 0 Å². The Hall–Kier alpha value is -0.120. The van der Waals surface area contributed by atoms with Gasteiger partial charge in [-0.3, -0.25) is 0 Å². The second-order valence-electron chi connectivity index (χ2n) is 4.07. The van der Waals surface area contributed by atoms with E-state index in [1.165, 1.54) is 25.9 Å². The summed E-state index contributed by atoms with van der Waals surface area (Å²) in [6.45, 7) is 11.2. The number of aliphatic hydroxyl groups excluding tert-OH is 1.